The summed E-state index contributed by atoms with van der Waals surface area (Å²) in [6.07, 6.45) is 11.3. The first-order valence-corrected chi connectivity index (χ1v) is 17.8. The average molecular weight is 690 g/mol. The molecule has 6 unspecified atom stereocenters. The molecule has 50 heavy (non-hydrogen) atoms. The molecule has 13 nitrogen and oxygen atoms in total. The van der Waals surface area contributed by atoms with Gasteiger partial charge in [-0.1, -0.05) is 42.6 Å². The minimum atomic E-state index is -1.75. The lowest BCUT2D eigenvalue weighted by Crippen LogP contribution is -2.62. The van der Waals surface area contributed by atoms with Crippen LogP contribution in [0.1, 0.15) is 93.5 Å². The maximum Gasteiger partial charge on any atom is 0.269 e. The topological polar surface area (TPSA) is 186 Å². The fourth-order valence-electron chi connectivity index (χ4n) is 8.17. The zero-order chi connectivity index (χ0) is 35.3. The first kappa shape index (κ1) is 35.5. The Labute approximate surface area is 291 Å². The molecule has 3 aromatic rings. The number of phenolic OH excluding ortho intramolecular Hbond substituents is 1. The lowest BCUT2D eigenvalue weighted by Gasteiger charge is -2.56. The van der Waals surface area contributed by atoms with Gasteiger partial charge >= 0.3 is 0 Å². The molecule has 1 saturated carbocycles. The standard InChI is InChI=1S/C37H47N5O8/c1-2-3-9-27-22-38-40-41(27)34-21-32(39-49-23-24-11-13-26(14-12-24)42(47)48)30-19-25(8-4-6-17-43)29(10-5-7-18-44)35-31-20-28(45)15-16-33(31)50-37(34,46)36(30)35/h11-16,19-20,22,25,29,34-36,43-46H,2-10,17-18,21,23H2,1H3. The van der Waals surface area contributed by atoms with E-state index in [1.165, 1.54) is 12.1 Å². The van der Waals surface area contributed by atoms with Gasteiger partial charge in [-0.25, -0.2) is 4.68 Å². The van der Waals surface area contributed by atoms with Gasteiger partial charge in [-0.2, -0.15) is 0 Å². The number of nitro groups is 1. The van der Waals surface area contributed by atoms with E-state index in [4.69, 9.17) is 14.7 Å². The number of hydrogen-bond donors (Lipinski definition) is 4. The van der Waals surface area contributed by atoms with Crippen LogP contribution in [-0.4, -0.2) is 65.1 Å². The van der Waals surface area contributed by atoms with Crippen molar-refractivity contribution in [3.63, 3.8) is 0 Å². The number of allylic oxidation sites excluding steroid dienone is 1. The predicted octanol–water partition coefficient (Wildman–Crippen LogP) is 5.73. The molecule has 2 heterocycles. The summed E-state index contributed by atoms with van der Waals surface area (Å²) in [5.74, 6) is -1.95. The summed E-state index contributed by atoms with van der Waals surface area (Å²) < 4.78 is 8.43. The highest BCUT2D eigenvalue weighted by Gasteiger charge is 2.63. The maximum absolute atomic E-state index is 13.0. The number of aromatic hydroxyl groups is 1. The van der Waals surface area contributed by atoms with Crippen LogP contribution in [0.2, 0.25) is 0 Å². The molecule has 0 spiro atoms. The lowest BCUT2D eigenvalue weighted by atomic mass is 9.55. The molecule has 1 aliphatic heterocycles. The Bertz CT molecular complexity index is 1690. The van der Waals surface area contributed by atoms with E-state index in [-0.39, 0.29) is 55.4 Å². The van der Waals surface area contributed by atoms with E-state index < -0.39 is 22.7 Å². The molecular weight excluding hydrogens is 642 g/mol. The number of oxime groups is 1. The van der Waals surface area contributed by atoms with Gasteiger partial charge < -0.3 is 30.0 Å². The summed E-state index contributed by atoms with van der Waals surface area (Å²) in [4.78, 5) is 16.7. The summed E-state index contributed by atoms with van der Waals surface area (Å²) in [6, 6.07) is 10.4. The Morgan fingerprint density at radius 1 is 1.08 bits per heavy atom. The molecule has 4 N–H and O–H groups in total. The van der Waals surface area contributed by atoms with Crippen molar-refractivity contribution in [1.82, 2.24) is 15.0 Å². The Kier molecular flexibility index (Phi) is 11.1. The molecule has 6 rings (SSSR count). The van der Waals surface area contributed by atoms with Crippen molar-refractivity contribution in [2.75, 3.05) is 13.2 Å². The monoisotopic (exact) mass is 689 g/mol. The van der Waals surface area contributed by atoms with Crippen LogP contribution in [0, 0.1) is 27.9 Å². The number of aryl methyl sites for hydroxylation is 1. The van der Waals surface area contributed by atoms with Crippen LogP contribution in [0.3, 0.4) is 0 Å². The van der Waals surface area contributed by atoms with Crippen molar-refractivity contribution < 1.29 is 34.9 Å². The van der Waals surface area contributed by atoms with Gasteiger partial charge in [0.25, 0.3) is 5.69 Å². The number of nitro benzene ring substituents is 1. The van der Waals surface area contributed by atoms with Crippen LogP contribution >= 0.6 is 0 Å². The third kappa shape index (κ3) is 7.12. The molecule has 13 heteroatoms. The number of nitrogens with zero attached hydrogens (tertiary/aromatic N) is 5. The molecule has 2 aliphatic carbocycles. The Morgan fingerprint density at radius 2 is 1.84 bits per heavy atom. The Balaban J connectivity index is 1.48. The molecule has 0 saturated heterocycles. The minimum absolute atomic E-state index is 0.0102. The van der Waals surface area contributed by atoms with E-state index in [2.05, 4.69) is 23.3 Å². The van der Waals surface area contributed by atoms with Crippen molar-refractivity contribution in [1.29, 1.82) is 0 Å². The SMILES string of the molecule is CCCCc1cnnn1C1CC(=NOCc2ccc([N+](=O)[O-])cc2)C2=CC(CCCCO)C(CCCCO)C3c4cc(O)ccc4OC1(O)C23. The highest BCUT2D eigenvalue weighted by atomic mass is 16.6. The number of aromatic nitrogens is 3. The first-order chi connectivity index (χ1) is 24.3. The van der Waals surface area contributed by atoms with Gasteiger partial charge in [-0.05, 0) is 91.8 Å². The van der Waals surface area contributed by atoms with Crippen molar-refractivity contribution in [2.24, 2.45) is 22.9 Å². The summed E-state index contributed by atoms with van der Waals surface area (Å²) >= 11 is 0. The van der Waals surface area contributed by atoms with E-state index in [0.717, 1.165) is 61.8 Å². The fraction of sp³-hybridized carbons (Fsp3) is 0.541. The molecule has 0 radical (unpaired) electrons. The van der Waals surface area contributed by atoms with Gasteiger partial charge in [0.1, 0.15) is 24.1 Å². The van der Waals surface area contributed by atoms with E-state index in [1.54, 1.807) is 41.2 Å². The van der Waals surface area contributed by atoms with Crippen LogP contribution in [0.4, 0.5) is 5.69 Å². The minimum Gasteiger partial charge on any atom is -0.508 e. The zero-order valence-corrected chi connectivity index (χ0v) is 28.4. The second kappa shape index (κ2) is 15.7. The van der Waals surface area contributed by atoms with Crippen LogP contribution in [-0.2, 0) is 17.9 Å². The molecule has 1 aromatic heterocycles. The van der Waals surface area contributed by atoms with Gasteiger partial charge in [0.05, 0.1) is 28.4 Å². The largest absolute Gasteiger partial charge is 0.508 e. The van der Waals surface area contributed by atoms with E-state index >= 15 is 0 Å². The number of aliphatic hydroxyl groups excluding tert-OH is 2. The van der Waals surface area contributed by atoms with Crippen LogP contribution in [0.25, 0.3) is 0 Å². The zero-order valence-electron chi connectivity index (χ0n) is 28.4. The van der Waals surface area contributed by atoms with E-state index in [0.29, 0.717) is 29.9 Å². The number of non-ortho nitro benzene ring substituents is 1. The number of ether oxygens (including phenoxy) is 1. The van der Waals surface area contributed by atoms with Crippen LogP contribution in [0.5, 0.6) is 11.5 Å². The maximum atomic E-state index is 13.0. The summed E-state index contributed by atoms with van der Waals surface area (Å²) in [5.41, 5.74) is 3.84. The van der Waals surface area contributed by atoms with E-state index in [1.807, 2.05) is 0 Å². The van der Waals surface area contributed by atoms with Crippen molar-refractivity contribution in [3.8, 4) is 11.5 Å². The molecule has 6 atom stereocenters. The second-order valence-electron chi connectivity index (χ2n) is 13.7. The number of hydrogen-bond acceptors (Lipinski definition) is 11. The van der Waals surface area contributed by atoms with Gasteiger partial charge in [0.2, 0.25) is 5.79 Å². The smallest absolute Gasteiger partial charge is 0.269 e. The normalized spacial score (nSPS) is 26.1. The number of rotatable bonds is 16. The Hall–Kier alpha value is -4.33. The molecule has 1 fully saturated rings. The van der Waals surface area contributed by atoms with Gasteiger partial charge in [-0.15, -0.1) is 5.10 Å². The number of aliphatic hydroxyl groups is 3. The third-order valence-corrected chi connectivity index (χ3v) is 10.5. The molecule has 0 bridgehead atoms. The lowest BCUT2D eigenvalue weighted by molar-refractivity contribution is -0.384. The van der Waals surface area contributed by atoms with Crippen LogP contribution in [0.15, 0.2) is 65.5 Å². The van der Waals surface area contributed by atoms with Gasteiger partial charge in [-0.3, -0.25) is 10.1 Å². The number of phenols is 1. The highest BCUT2D eigenvalue weighted by Crippen LogP contribution is 2.62. The summed E-state index contributed by atoms with van der Waals surface area (Å²) in [5, 5.41) is 67.7. The molecular formula is C37H47N5O8. The second-order valence-corrected chi connectivity index (χ2v) is 13.7. The number of fused-ring (bicyclic) bond motifs is 2. The molecule has 2 aromatic carbocycles. The number of benzene rings is 2. The van der Waals surface area contributed by atoms with Crippen LogP contribution < -0.4 is 4.74 Å². The summed E-state index contributed by atoms with van der Waals surface area (Å²) in [6.45, 7) is 2.38. The summed E-state index contributed by atoms with van der Waals surface area (Å²) in [7, 11) is 0. The molecule has 0 amide bonds. The highest BCUT2D eigenvalue weighted by molar-refractivity contribution is 6.02. The van der Waals surface area contributed by atoms with Crippen molar-refractivity contribution >= 4 is 11.4 Å². The first-order valence-electron chi connectivity index (χ1n) is 17.8. The van der Waals surface area contributed by atoms with Gasteiger partial charge in [0.15, 0.2) is 0 Å². The molecule has 3 aliphatic rings. The average Bonchev–Trinajstić information content (AvgIpc) is 3.57. The fourth-order valence-corrected chi connectivity index (χ4v) is 8.17. The predicted molar refractivity (Wildman–Crippen MR) is 184 cm³/mol. The number of unbranched alkanes of at least 4 members (excludes halogenated alkanes) is 3. The molecule has 268 valence electrons. The third-order valence-electron chi connectivity index (χ3n) is 10.5. The Morgan fingerprint density at radius 3 is 2.56 bits per heavy atom. The van der Waals surface area contributed by atoms with Gasteiger partial charge in [0, 0.05) is 43.2 Å². The van der Waals surface area contributed by atoms with Crippen molar-refractivity contribution in [3.05, 3.63) is 87.2 Å². The quantitative estimate of drug-likeness (QED) is 0.0822. The van der Waals surface area contributed by atoms with Crippen molar-refractivity contribution in [2.45, 2.75) is 95.5 Å². The van der Waals surface area contributed by atoms with E-state index in [9.17, 15) is 30.5 Å².